The van der Waals surface area contributed by atoms with Crippen LogP contribution in [0.25, 0.3) is 0 Å². The van der Waals surface area contributed by atoms with Gasteiger partial charge in [-0.05, 0) is 69.1 Å². The van der Waals surface area contributed by atoms with Gasteiger partial charge in [0, 0.05) is 29.6 Å². The zero-order valence-corrected chi connectivity index (χ0v) is 16.6. The summed E-state index contributed by atoms with van der Waals surface area (Å²) in [5, 5.41) is 9.44. The van der Waals surface area contributed by atoms with Crippen molar-refractivity contribution in [2.24, 2.45) is 21.3 Å². The molecule has 3 nitrogen and oxygen atoms in total. The van der Waals surface area contributed by atoms with Gasteiger partial charge in [-0.2, -0.15) is 0 Å². The lowest BCUT2D eigenvalue weighted by Gasteiger charge is -2.22. The Kier molecular flexibility index (Phi) is 7.61. The van der Waals surface area contributed by atoms with Crippen LogP contribution in [0, 0.1) is 11.3 Å². The van der Waals surface area contributed by atoms with Gasteiger partial charge in [0.25, 0.3) is 0 Å². The first-order chi connectivity index (χ1) is 11.9. The second-order valence-electron chi connectivity index (χ2n) is 8.59. The van der Waals surface area contributed by atoms with E-state index in [0.717, 1.165) is 37.2 Å². The van der Waals surface area contributed by atoms with Gasteiger partial charge in [0.1, 0.15) is 0 Å². The van der Waals surface area contributed by atoms with Crippen molar-refractivity contribution in [3.05, 3.63) is 23.4 Å². The summed E-state index contributed by atoms with van der Waals surface area (Å²) in [7, 11) is 0. The third-order valence-corrected chi connectivity index (χ3v) is 5.39. The zero-order chi connectivity index (χ0) is 18.3. The van der Waals surface area contributed by atoms with Crippen LogP contribution in [0.1, 0.15) is 79.1 Å². The minimum atomic E-state index is 0.0108. The van der Waals surface area contributed by atoms with E-state index in [1.807, 2.05) is 0 Å². The van der Waals surface area contributed by atoms with E-state index in [9.17, 15) is 5.11 Å². The Morgan fingerprint density at radius 1 is 1.12 bits per heavy atom. The lowest BCUT2D eigenvalue weighted by Crippen LogP contribution is -2.17. The van der Waals surface area contributed by atoms with E-state index in [1.165, 1.54) is 43.4 Å². The van der Waals surface area contributed by atoms with E-state index >= 15 is 0 Å². The van der Waals surface area contributed by atoms with Crippen LogP contribution in [0.4, 0.5) is 0 Å². The summed E-state index contributed by atoms with van der Waals surface area (Å²) in [6.45, 7) is 9.47. The van der Waals surface area contributed by atoms with Crippen molar-refractivity contribution < 1.29 is 5.11 Å². The van der Waals surface area contributed by atoms with E-state index in [2.05, 4.69) is 39.8 Å². The van der Waals surface area contributed by atoms with Gasteiger partial charge in [0.05, 0.1) is 6.54 Å². The minimum absolute atomic E-state index is 0.0108. The lowest BCUT2D eigenvalue weighted by molar-refractivity contribution is 0.148. The molecular weight excluding hydrogens is 308 g/mol. The van der Waals surface area contributed by atoms with Crippen molar-refractivity contribution in [3.8, 4) is 0 Å². The molecule has 0 radical (unpaired) electrons. The molecule has 3 heteroatoms. The van der Waals surface area contributed by atoms with Crippen LogP contribution in [0.3, 0.4) is 0 Å². The molecule has 1 fully saturated rings. The van der Waals surface area contributed by atoms with Crippen molar-refractivity contribution in [2.75, 3.05) is 13.2 Å². The predicted molar refractivity (Wildman–Crippen MR) is 109 cm³/mol. The molecule has 140 valence electrons. The molecule has 0 unspecified atom stereocenters. The van der Waals surface area contributed by atoms with Crippen molar-refractivity contribution in [1.29, 1.82) is 0 Å². The van der Waals surface area contributed by atoms with E-state index in [4.69, 9.17) is 9.98 Å². The molecule has 0 bridgehead atoms. The van der Waals surface area contributed by atoms with Crippen LogP contribution in [-0.4, -0.2) is 29.7 Å². The SMILES string of the molecule is CC1=N/C(C)=C/C(C2CCCCC2)=N\C/C(CCCC(C)(C)CO)=C\1. The van der Waals surface area contributed by atoms with Gasteiger partial charge in [-0.1, -0.05) is 33.1 Å². The first-order valence-corrected chi connectivity index (χ1v) is 9.98. The van der Waals surface area contributed by atoms with Crippen molar-refractivity contribution >= 4 is 11.4 Å². The molecule has 25 heavy (non-hydrogen) atoms. The smallest absolute Gasteiger partial charge is 0.0606 e. The number of allylic oxidation sites excluding steroid dienone is 3. The molecule has 2 rings (SSSR count). The molecule has 1 N–H and O–H groups in total. The largest absolute Gasteiger partial charge is 0.396 e. The molecular formula is C22H36N2O. The van der Waals surface area contributed by atoms with Gasteiger partial charge in [0.2, 0.25) is 0 Å². The zero-order valence-electron chi connectivity index (χ0n) is 16.6. The average molecular weight is 345 g/mol. The van der Waals surface area contributed by atoms with Crippen LogP contribution in [0.15, 0.2) is 33.4 Å². The Bertz CT molecular complexity index is 561. The van der Waals surface area contributed by atoms with Crippen LogP contribution >= 0.6 is 0 Å². The normalized spacial score (nSPS) is 29.0. The van der Waals surface area contributed by atoms with Crippen LogP contribution < -0.4 is 0 Å². The third kappa shape index (κ3) is 6.89. The van der Waals surface area contributed by atoms with Crippen molar-refractivity contribution in [1.82, 2.24) is 0 Å². The van der Waals surface area contributed by atoms with Crippen LogP contribution in [0.5, 0.6) is 0 Å². The molecule has 1 aliphatic carbocycles. The summed E-state index contributed by atoms with van der Waals surface area (Å²) >= 11 is 0. The molecule has 0 spiro atoms. The second-order valence-corrected chi connectivity index (χ2v) is 8.59. The summed E-state index contributed by atoms with van der Waals surface area (Å²) in [6, 6.07) is 0. The van der Waals surface area contributed by atoms with Gasteiger partial charge in [0.15, 0.2) is 0 Å². The predicted octanol–water partition coefficient (Wildman–Crippen LogP) is 5.50. The first kappa shape index (κ1) is 20.1. The molecule has 0 aromatic carbocycles. The Balaban J connectivity index is 2.09. The molecule has 1 saturated carbocycles. The standard InChI is InChI=1S/C22H36N2O/c1-17-13-19(9-8-12-22(3,4)16-25)15-23-21(14-18(2)24-17)20-10-6-5-7-11-20/h13-14,20,25H,5-12,15-16H2,1-4H3/b18-14+,19-13-,23-21+,24-17-. The highest BCUT2D eigenvalue weighted by Gasteiger charge is 2.19. The maximum atomic E-state index is 9.44. The van der Waals surface area contributed by atoms with E-state index in [1.54, 1.807) is 0 Å². The molecule has 0 aromatic rings. The summed E-state index contributed by atoms with van der Waals surface area (Å²) in [6.07, 6.45) is 14.2. The van der Waals surface area contributed by atoms with Crippen molar-refractivity contribution in [3.63, 3.8) is 0 Å². The monoisotopic (exact) mass is 344 g/mol. The third-order valence-electron chi connectivity index (χ3n) is 5.39. The Labute approximate surface area is 154 Å². The van der Waals surface area contributed by atoms with E-state index < -0.39 is 0 Å². The molecule has 0 saturated heterocycles. The van der Waals surface area contributed by atoms with Crippen LogP contribution in [-0.2, 0) is 0 Å². The highest BCUT2D eigenvalue weighted by Crippen LogP contribution is 2.27. The maximum absolute atomic E-state index is 9.44. The number of hydrogen-bond acceptors (Lipinski definition) is 3. The highest BCUT2D eigenvalue weighted by molar-refractivity contribution is 5.99. The summed E-state index contributed by atoms with van der Waals surface area (Å²) in [5.41, 5.74) is 4.78. The number of nitrogens with zero attached hydrogens (tertiary/aromatic N) is 2. The summed E-state index contributed by atoms with van der Waals surface area (Å²) < 4.78 is 0. The van der Waals surface area contributed by atoms with Crippen molar-refractivity contribution in [2.45, 2.75) is 79.1 Å². The number of aliphatic hydroxyl groups is 1. The average Bonchev–Trinajstić information content (AvgIpc) is 2.64. The van der Waals surface area contributed by atoms with Gasteiger partial charge in [-0.15, -0.1) is 0 Å². The molecule has 0 atom stereocenters. The Morgan fingerprint density at radius 3 is 2.52 bits per heavy atom. The quantitative estimate of drug-likeness (QED) is 0.679. The molecule has 2 aliphatic rings. The second kappa shape index (κ2) is 9.47. The Morgan fingerprint density at radius 2 is 1.84 bits per heavy atom. The van der Waals surface area contributed by atoms with Gasteiger partial charge < -0.3 is 5.11 Å². The molecule has 0 aromatic heterocycles. The van der Waals surface area contributed by atoms with Gasteiger partial charge >= 0.3 is 0 Å². The van der Waals surface area contributed by atoms with Gasteiger partial charge in [-0.25, -0.2) is 0 Å². The number of rotatable bonds is 6. The number of hydrogen-bond donors (Lipinski definition) is 1. The lowest BCUT2D eigenvalue weighted by atomic mass is 9.85. The molecule has 1 aliphatic heterocycles. The fraction of sp³-hybridized carbons (Fsp3) is 0.727. The fourth-order valence-electron chi connectivity index (χ4n) is 3.81. The van der Waals surface area contributed by atoms with Crippen LogP contribution in [0.2, 0.25) is 0 Å². The Hall–Kier alpha value is -1.22. The fourth-order valence-corrected chi connectivity index (χ4v) is 3.81. The summed E-state index contributed by atoms with van der Waals surface area (Å²) in [5.74, 6) is 0.617. The maximum Gasteiger partial charge on any atom is 0.0606 e. The summed E-state index contributed by atoms with van der Waals surface area (Å²) in [4.78, 5) is 9.76. The number of aliphatic hydroxyl groups excluding tert-OH is 1. The minimum Gasteiger partial charge on any atom is -0.396 e. The van der Waals surface area contributed by atoms with Gasteiger partial charge in [-0.3, -0.25) is 9.98 Å². The molecule has 1 heterocycles. The van der Waals surface area contributed by atoms with E-state index in [0.29, 0.717) is 5.92 Å². The number of aliphatic imine (C=N–C) groups is 2. The topological polar surface area (TPSA) is 45.0 Å². The first-order valence-electron chi connectivity index (χ1n) is 9.98. The highest BCUT2D eigenvalue weighted by atomic mass is 16.3. The van der Waals surface area contributed by atoms with E-state index in [-0.39, 0.29) is 12.0 Å². The molecule has 0 amide bonds.